The third-order valence-corrected chi connectivity index (χ3v) is 2.78. The van der Waals surface area contributed by atoms with E-state index in [4.69, 9.17) is 9.47 Å². The zero-order valence-corrected chi connectivity index (χ0v) is 11.5. The molecule has 0 spiro atoms. The summed E-state index contributed by atoms with van der Waals surface area (Å²) in [6, 6.07) is 7.74. The number of benzene rings is 1. The van der Waals surface area contributed by atoms with Gasteiger partial charge < -0.3 is 14.8 Å². The normalized spacial score (nSPS) is 10.5. The Bertz CT molecular complexity index is 537. The van der Waals surface area contributed by atoms with Crippen LogP contribution in [0.5, 0.6) is 11.5 Å². The molecule has 0 radical (unpaired) electrons. The van der Waals surface area contributed by atoms with Crippen LogP contribution in [0.25, 0.3) is 0 Å². The quantitative estimate of drug-likeness (QED) is 0.860. The largest absolute Gasteiger partial charge is 0.497 e. The molecule has 0 saturated heterocycles. The van der Waals surface area contributed by atoms with E-state index >= 15 is 0 Å². The lowest BCUT2D eigenvalue weighted by atomic mass is 10.2. The third kappa shape index (κ3) is 3.48. The van der Waals surface area contributed by atoms with Crippen molar-refractivity contribution >= 4 is 0 Å². The Morgan fingerprint density at radius 2 is 2.16 bits per heavy atom. The van der Waals surface area contributed by atoms with Gasteiger partial charge in [-0.15, -0.1) is 0 Å². The number of aromatic nitrogens is 2. The lowest BCUT2D eigenvalue weighted by Gasteiger charge is -2.12. The van der Waals surface area contributed by atoms with E-state index in [1.54, 1.807) is 11.8 Å². The minimum Gasteiger partial charge on any atom is -0.497 e. The Kier molecular flexibility index (Phi) is 4.41. The summed E-state index contributed by atoms with van der Waals surface area (Å²) in [5.74, 6) is 1.68. The smallest absolute Gasteiger partial charge is 0.132 e. The van der Waals surface area contributed by atoms with E-state index in [1.165, 1.54) is 0 Å². The van der Waals surface area contributed by atoms with Gasteiger partial charge >= 0.3 is 0 Å². The van der Waals surface area contributed by atoms with Crippen molar-refractivity contribution in [3.63, 3.8) is 0 Å². The second-order valence-corrected chi connectivity index (χ2v) is 4.27. The molecule has 5 nitrogen and oxygen atoms in total. The molecule has 0 aliphatic rings. The summed E-state index contributed by atoms with van der Waals surface area (Å²) in [5.41, 5.74) is 1.98. The van der Waals surface area contributed by atoms with Gasteiger partial charge in [0.15, 0.2) is 0 Å². The van der Waals surface area contributed by atoms with Crippen LogP contribution in [0.4, 0.5) is 0 Å². The molecule has 0 amide bonds. The van der Waals surface area contributed by atoms with E-state index in [-0.39, 0.29) is 0 Å². The molecule has 0 fully saturated rings. The van der Waals surface area contributed by atoms with Crippen LogP contribution in [0.15, 0.2) is 30.5 Å². The topological polar surface area (TPSA) is 48.3 Å². The molecule has 0 atom stereocenters. The third-order valence-electron chi connectivity index (χ3n) is 2.78. The molecule has 19 heavy (non-hydrogen) atoms. The number of rotatable bonds is 6. The monoisotopic (exact) mass is 261 g/mol. The molecule has 2 rings (SSSR count). The van der Waals surface area contributed by atoms with E-state index in [9.17, 15) is 0 Å². The predicted octanol–water partition coefficient (Wildman–Crippen LogP) is 1.73. The lowest BCUT2D eigenvalue weighted by molar-refractivity contribution is 0.295. The van der Waals surface area contributed by atoms with E-state index in [1.807, 2.05) is 44.6 Å². The van der Waals surface area contributed by atoms with Crippen LogP contribution in [0.2, 0.25) is 0 Å². The van der Waals surface area contributed by atoms with Gasteiger partial charge in [0.05, 0.1) is 12.8 Å². The molecule has 2 aromatic rings. The van der Waals surface area contributed by atoms with Crippen molar-refractivity contribution in [2.45, 2.75) is 13.2 Å². The summed E-state index contributed by atoms with van der Waals surface area (Å²) in [6.45, 7) is 1.19. The number of hydrogen-bond donors (Lipinski definition) is 1. The van der Waals surface area contributed by atoms with Crippen LogP contribution in [-0.2, 0) is 20.2 Å². The summed E-state index contributed by atoms with van der Waals surface area (Å²) in [6.07, 6.45) is 1.90. The average Bonchev–Trinajstić information content (AvgIpc) is 2.83. The van der Waals surface area contributed by atoms with Crippen LogP contribution in [0.3, 0.4) is 0 Å². The summed E-state index contributed by atoms with van der Waals surface area (Å²) < 4.78 is 12.8. The van der Waals surface area contributed by atoms with Crippen molar-refractivity contribution in [3.05, 3.63) is 41.7 Å². The first kappa shape index (κ1) is 13.4. The van der Waals surface area contributed by atoms with Crippen molar-refractivity contribution in [2.24, 2.45) is 7.05 Å². The number of nitrogens with one attached hydrogen (secondary N) is 1. The Hall–Kier alpha value is -2.01. The maximum absolute atomic E-state index is 5.82. The Morgan fingerprint density at radius 1 is 1.32 bits per heavy atom. The molecule has 1 aromatic carbocycles. The highest BCUT2D eigenvalue weighted by Crippen LogP contribution is 2.24. The molecule has 0 bridgehead atoms. The van der Waals surface area contributed by atoms with Crippen molar-refractivity contribution in [1.29, 1.82) is 0 Å². The number of hydrogen-bond acceptors (Lipinski definition) is 4. The first-order valence-corrected chi connectivity index (χ1v) is 6.15. The fourth-order valence-corrected chi connectivity index (χ4v) is 1.84. The molecular formula is C14H19N3O2. The molecule has 1 heterocycles. The van der Waals surface area contributed by atoms with Crippen LogP contribution in [0, 0.1) is 0 Å². The molecule has 0 aliphatic carbocycles. The summed E-state index contributed by atoms with van der Waals surface area (Å²) in [5, 5.41) is 7.41. The zero-order valence-electron chi connectivity index (χ0n) is 11.5. The summed E-state index contributed by atoms with van der Waals surface area (Å²) >= 11 is 0. The van der Waals surface area contributed by atoms with Gasteiger partial charge in [-0.3, -0.25) is 4.68 Å². The predicted molar refractivity (Wildman–Crippen MR) is 73.3 cm³/mol. The second-order valence-electron chi connectivity index (χ2n) is 4.27. The standard InChI is InChI=1S/C14H19N3O2/c1-15-9-11-8-13(18-3)4-5-14(11)19-10-12-6-7-17(2)16-12/h4-8,15H,9-10H2,1-3H3. The fraction of sp³-hybridized carbons (Fsp3) is 0.357. The van der Waals surface area contributed by atoms with Crippen LogP contribution >= 0.6 is 0 Å². The highest BCUT2D eigenvalue weighted by molar-refractivity contribution is 5.40. The van der Waals surface area contributed by atoms with Gasteiger partial charge in [-0.1, -0.05) is 0 Å². The van der Waals surface area contributed by atoms with E-state index in [0.717, 1.165) is 29.3 Å². The minimum atomic E-state index is 0.462. The molecule has 5 heteroatoms. The van der Waals surface area contributed by atoms with Crippen molar-refractivity contribution in [1.82, 2.24) is 15.1 Å². The van der Waals surface area contributed by atoms with Crippen LogP contribution in [-0.4, -0.2) is 23.9 Å². The van der Waals surface area contributed by atoms with Gasteiger partial charge in [0.1, 0.15) is 18.1 Å². The molecule has 0 saturated carbocycles. The Balaban J connectivity index is 2.10. The van der Waals surface area contributed by atoms with Gasteiger partial charge in [-0.25, -0.2) is 0 Å². The van der Waals surface area contributed by atoms with Crippen molar-refractivity contribution in [2.75, 3.05) is 14.2 Å². The van der Waals surface area contributed by atoms with Gasteiger partial charge in [-0.2, -0.15) is 5.10 Å². The van der Waals surface area contributed by atoms with E-state index in [0.29, 0.717) is 6.61 Å². The zero-order chi connectivity index (χ0) is 13.7. The molecule has 0 unspecified atom stereocenters. The van der Waals surface area contributed by atoms with Crippen LogP contribution in [0.1, 0.15) is 11.3 Å². The number of ether oxygens (including phenoxy) is 2. The Labute approximate surface area is 113 Å². The van der Waals surface area contributed by atoms with Crippen LogP contribution < -0.4 is 14.8 Å². The first-order chi connectivity index (χ1) is 9.22. The minimum absolute atomic E-state index is 0.462. The second kappa shape index (κ2) is 6.24. The van der Waals surface area contributed by atoms with E-state index < -0.39 is 0 Å². The number of nitrogens with zero attached hydrogens (tertiary/aromatic N) is 2. The van der Waals surface area contributed by atoms with Crippen molar-refractivity contribution in [3.8, 4) is 11.5 Å². The average molecular weight is 261 g/mol. The van der Waals surface area contributed by atoms with Gasteiger partial charge in [0.2, 0.25) is 0 Å². The van der Waals surface area contributed by atoms with Gasteiger partial charge in [0.25, 0.3) is 0 Å². The number of aryl methyl sites for hydroxylation is 1. The SMILES string of the molecule is CNCc1cc(OC)ccc1OCc1ccn(C)n1. The Morgan fingerprint density at radius 3 is 2.79 bits per heavy atom. The fourth-order valence-electron chi connectivity index (χ4n) is 1.84. The molecule has 0 aliphatic heterocycles. The van der Waals surface area contributed by atoms with Gasteiger partial charge in [-0.05, 0) is 31.3 Å². The maximum atomic E-state index is 5.82. The van der Waals surface area contributed by atoms with Gasteiger partial charge in [0, 0.05) is 25.4 Å². The lowest BCUT2D eigenvalue weighted by Crippen LogP contribution is -2.08. The number of methoxy groups -OCH3 is 1. The van der Waals surface area contributed by atoms with E-state index in [2.05, 4.69) is 10.4 Å². The maximum Gasteiger partial charge on any atom is 0.132 e. The van der Waals surface area contributed by atoms with Crippen molar-refractivity contribution < 1.29 is 9.47 Å². The molecule has 102 valence electrons. The summed E-state index contributed by atoms with van der Waals surface area (Å²) in [4.78, 5) is 0. The molecular weight excluding hydrogens is 242 g/mol. The summed E-state index contributed by atoms with van der Waals surface area (Å²) in [7, 11) is 5.46. The highest BCUT2D eigenvalue weighted by atomic mass is 16.5. The highest BCUT2D eigenvalue weighted by Gasteiger charge is 2.06. The molecule has 1 N–H and O–H groups in total. The molecule has 1 aromatic heterocycles. The first-order valence-electron chi connectivity index (χ1n) is 6.15.